The molecule has 0 aromatic heterocycles. The zero-order chi connectivity index (χ0) is 11.5. The average Bonchev–Trinajstić information content (AvgIpc) is 2.12. The van der Waals surface area contributed by atoms with Gasteiger partial charge in [-0.1, -0.05) is 12.1 Å². The molecule has 1 rings (SSSR count). The van der Waals surface area contributed by atoms with Gasteiger partial charge in [0.25, 0.3) is 0 Å². The van der Waals surface area contributed by atoms with Crippen LogP contribution >= 0.6 is 0 Å². The van der Waals surface area contributed by atoms with Crippen LogP contribution in [-0.2, 0) is 11.0 Å². The van der Waals surface area contributed by atoms with Crippen molar-refractivity contribution in [2.45, 2.75) is 25.5 Å². The lowest BCUT2D eigenvalue weighted by Gasteiger charge is -2.12. The molecule has 3 nitrogen and oxygen atoms in total. The minimum absolute atomic E-state index is 0.181. The molecule has 0 aliphatic carbocycles. The first-order chi connectivity index (χ1) is 6.89. The van der Waals surface area contributed by atoms with Gasteiger partial charge < -0.3 is 5.11 Å². The van der Waals surface area contributed by atoms with Crippen molar-refractivity contribution in [3.63, 3.8) is 0 Å². The van der Waals surface area contributed by atoms with Crippen molar-refractivity contribution in [1.29, 1.82) is 0 Å². The Labute approximate surface area is 92.5 Å². The van der Waals surface area contributed by atoms with E-state index in [9.17, 15) is 9.32 Å². The molecule has 1 atom stereocenters. The number of phenols is 1. The molecule has 0 spiro atoms. The Morgan fingerprint density at radius 1 is 1.40 bits per heavy atom. The molecule has 0 saturated carbocycles. The molecule has 1 unspecified atom stereocenters. The molecular weight excluding hydrogens is 210 g/mol. The van der Waals surface area contributed by atoms with Gasteiger partial charge in [-0.2, -0.15) is 4.40 Å². The summed E-state index contributed by atoms with van der Waals surface area (Å²) in [6.07, 6.45) is 1.51. The maximum atomic E-state index is 11.6. The Bertz CT molecular complexity index is 394. The van der Waals surface area contributed by atoms with Gasteiger partial charge in [0.05, 0.1) is 4.75 Å². The fraction of sp³-hybridized carbons (Fsp3) is 0.364. The van der Waals surface area contributed by atoms with E-state index in [0.29, 0.717) is 0 Å². The van der Waals surface area contributed by atoms with E-state index in [-0.39, 0.29) is 10.5 Å². The van der Waals surface area contributed by atoms with Crippen molar-refractivity contribution in [3.8, 4) is 5.75 Å². The topological polar surface area (TPSA) is 49.7 Å². The summed E-state index contributed by atoms with van der Waals surface area (Å²) in [7, 11) is -1.26. The second-order valence-electron chi connectivity index (χ2n) is 4.19. The molecule has 1 N–H and O–H groups in total. The lowest BCUT2D eigenvalue weighted by Crippen LogP contribution is -2.19. The van der Waals surface area contributed by atoms with Crippen LogP contribution in [0.1, 0.15) is 26.3 Å². The summed E-state index contributed by atoms with van der Waals surface area (Å²) in [6, 6.07) is 6.67. The van der Waals surface area contributed by atoms with Crippen molar-refractivity contribution >= 4 is 17.2 Å². The smallest absolute Gasteiger partial charge is 0.144 e. The number of phenolic OH excluding ortho intramolecular Hbond substituents is 1. The molecule has 0 aliphatic heterocycles. The number of nitrogens with zero attached hydrogens (tertiary/aromatic N) is 1. The van der Waals surface area contributed by atoms with Crippen LogP contribution in [0.25, 0.3) is 0 Å². The van der Waals surface area contributed by atoms with E-state index in [4.69, 9.17) is 0 Å². The summed E-state index contributed by atoms with van der Waals surface area (Å²) in [6.45, 7) is 5.59. The normalized spacial score (nSPS) is 14.3. The van der Waals surface area contributed by atoms with E-state index in [1.165, 1.54) is 6.21 Å². The molecule has 0 aliphatic rings. The van der Waals surface area contributed by atoms with E-state index >= 15 is 0 Å². The molecular formula is C11H15NO2S. The van der Waals surface area contributed by atoms with Crippen LogP contribution in [-0.4, -0.2) is 20.3 Å². The number of hydrogen-bond donors (Lipinski definition) is 1. The molecule has 0 saturated heterocycles. The van der Waals surface area contributed by atoms with E-state index in [1.54, 1.807) is 24.3 Å². The Kier molecular flexibility index (Phi) is 3.63. The van der Waals surface area contributed by atoms with Crippen molar-refractivity contribution < 1.29 is 9.32 Å². The second-order valence-corrected chi connectivity index (χ2v) is 6.12. The van der Waals surface area contributed by atoms with Gasteiger partial charge in [0, 0.05) is 6.21 Å². The minimum Gasteiger partial charge on any atom is -0.508 e. The molecule has 0 fully saturated rings. The number of rotatable bonds is 2. The van der Waals surface area contributed by atoms with Crippen LogP contribution in [0, 0.1) is 0 Å². The molecule has 1 aromatic carbocycles. The lowest BCUT2D eigenvalue weighted by atomic mass is 10.2. The first-order valence-electron chi connectivity index (χ1n) is 4.65. The molecule has 0 bridgehead atoms. The van der Waals surface area contributed by atoms with Gasteiger partial charge in [-0.3, -0.25) is 0 Å². The third kappa shape index (κ3) is 3.83. The highest BCUT2D eigenvalue weighted by Gasteiger charge is 2.17. The van der Waals surface area contributed by atoms with E-state index in [0.717, 1.165) is 5.56 Å². The fourth-order valence-corrected chi connectivity index (χ4v) is 1.41. The molecule has 0 heterocycles. The Balaban J connectivity index is 2.79. The predicted octanol–water partition coefficient (Wildman–Crippen LogP) is 2.27. The Morgan fingerprint density at radius 3 is 2.60 bits per heavy atom. The van der Waals surface area contributed by atoms with E-state index in [2.05, 4.69) is 4.40 Å². The first-order valence-corrected chi connectivity index (χ1v) is 5.75. The van der Waals surface area contributed by atoms with Crippen molar-refractivity contribution in [1.82, 2.24) is 0 Å². The highest BCUT2D eigenvalue weighted by Crippen LogP contribution is 2.13. The van der Waals surface area contributed by atoms with Crippen LogP contribution < -0.4 is 0 Å². The fourth-order valence-electron chi connectivity index (χ4n) is 0.872. The third-order valence-corrected chi connectivity index (χ3v) is 3.04. The van der Waals surface area contributed by atoms with Gasteiger partial charge >= 0.3 is 0 Å². The number of hydrogen-bond acceptors (Lipinski definition) is 2. The van der Waals surface area contributed by atoms with Gasteiger partial charge in [0.15, 0.2) is 0 Å². The molecule has 4 heteroatoms. The quantitative estimate of drug-likeness (QED) is 0.785. The van der Waals surface area contributed by atoms with Gasteiger partial charge in [-0.05, 0) is 38.5 Å². The first kappa shape index (κ1) is 11.9. The van der Waals surface area contributed by atoms with Crippen molar-refractivity contribution in [2.75, 3.05) is 0 Å². The van der Waals surface area contributed by atoms with Crippen LogP contribution in [0.4, 0.5) is 0 Å². The van der Waals surface area contributed by atoms with Crippen LogP contribution in [0.2, 0.25) is 0 Å². The number of aromatic hydroxyl groups is 1. The average molecular weight is 225 g/mol. The van der Waals surface area contributed by atoms with Crippen LogP contribution in [0.15, 0.2) is 28.7 Å². The summed E-state index contributed by atoms with van der Waals surface area (Å²) < 4.78 is 15.2. The molecule has 82 valence electrons. The van der Waals surface area contributed by atoms with Gasteiger partial charge in [0.2, 0.25) is 0 Å². The Morgan fingerprint density at radius 2 is 2.07 bits per heavy atom. The molecule has 15 heavy (non-hydrogen) atoms. The summed E-state index contributed by atoms with van der Waals surface area (Å²) >= 11 is 0. The Hall–Kier alpha value is -1.16. The summed E-state index contributed by atoms with van der Waals surface area (Å²) in [5.74, 6) is 0.181. The lowest BCUT2D eigenvalue weighted by molar-refractivity contribution is 0.475. The van der Waals surface area contributed by atoms with Crippen molar-refractivity contribution in [3.05, 3.63) is 29.8 Å². The maximum Gasteiger partial charge on any atom is 0.144 e. The number of benzene rings is 1. The van der Waals surface area contributed by atoms with Crippen molar-refractivity contribution in [2.24, 2.45) is 4.40 Å². The summed E-state index contributed by atoms with van der Waals surface area (Å²) in [4.78, 5) is 0. The highest BCUT2D eigenvalue weighted by atomic mass is 32.2. The highest BCUT2D eigenvalue weighted by molar-refractivity contribution is 7.85. The van der Waals surface area contributed by atoms with Gasteiger partial charge in [-0.25, -0.2) is 4.21 Å². The summed E-state index contributed by atoms with van der Waals surface area (Å²) in [5.41, 5.74) is 0.743. The van der Waals surface area contributed by atoms with Crippen LogP contribution in [0.3, 0.4) is 0 Å². The zero-order valence-corrected chi connectivity index (χ0v) is 9.91. The standard InChI is InChI=1S/C11H15NO2S/c1-11(2,3)15(14)12-8-9-5-4-6-10(13)7-9/h4-8,13H,1-3H3. The van der Waals surface area contributed by atoms with Gasteiger partial charge in [-0.15, -0.1) is 0 Å². The van der Waals surface area contributed by atoms with Crippen LogP contribution in [0.5, 0.6) is 5.75 Å². The zero-order valence-electron chi connectivity index (χ0n) is 9.10. The third-order valence-electron chi connectivity index (χ3n) is 1.69. The monoisotopic (exact) mass is 225 g/mol. The maximum absolute atomic E-state index is 11.6. The molecule has 0 radical (unpaired) electrons. The van der Waals surface area contributed by atoms with E-state index in [1.807, 2.05) is 20.8 Å². The minimum atomic E-state index is -1.26. The summed E-state index contributed by atoms with van der Waals surface area (Å²) in [5, 5.41) is 9.20. The van der Waals surface area contributed by atoms with E-state index < -0.39 is 11.0 Å². The largest absolute Gasteiger partial charge is 0.508 e. The second kappa shape index (κ2) is 4.57. The predicted molar refractivity (Wildman–Crippen MR) is 63.6 cm³/mol. The SMILES string of the molecule is CC(C)(C)S(=O)N=Cc1cccc(O)c1. The van der Waals surface area contributed by atoms with Gasteiger partial charge in [0.1, 0.15) is 16.7 Å². The molecule has 1 aromatic rings. The molecule has 0 amide bonds.